The van der Waals surface area contributed by atoms with Crippen LogP contribution in [0.4, 0.5) is 0 Å². The Morgan fingerprint density at radius 1 is 1.78 bits per heavy atom. The number of hydrogen-bond donors (Lipinski definition) is 1. The third kappa shape index (κ3) is 1.71. The van der Waals surface area contributed by atoms with E-state index >= 15 is 0 Å². The quantitative estimate of drug-likeness (QED) is 0.502. The summed E-state index contributed by atoms with van der Waals surface area (Å²) in [5.41, 5.74) is 0. The molecule has 1 aliphatic heterocycles. The molecule has 1 saturated heterocycles. The number of carbonyl (C=O) groups excluding carboxylic acids is 2. The van der Waals surface area contributed by atoms with Gasteiger partial charge in [0.15, 0.2) is 0 Å². The molecule has 0 bridgehead atoms. The van der Waals surface area contributed by atoms with Gasteiger partial charge in [0, 0.05) is 5.75 Å². The minimum atomic E-state index is -0.253. The lowest BCUT2D eigenvalue weighted by molar-refractivity contribution is -0.121. The number of amides is 1. The molecule has 1 rings (SSSR count). The van der Waals surface area contributed by atoms with E-state index in [1.165, 1.54) is 11.8 Å². The third-order valence-electron chi connectivity index (χ3n) is 1.04. The molecule has 0 saturated carbocycles. The summed E-state index contributed by atoms with van der Waals surface area (Å²) in [6.45, 7) is 0. The minimum Gasteiger partial charge on any atom is -0.345 e. The Balaban J connectivity index is 2.40. The summed E-state index contributed by atoms with van der Waals surface area (Å²) in [6.07, 6.45) is 0.768. The first kappa shape index (κ1) is 6.61. The molecule has 1 atom stereocenters. The normalized spacial score (nSPS) is 27.1. The van der Waals surface area contributed by atoms with Crippen molar-refractivity contribution in [2.75, 3.05) is 11.5 Å². The summed E-state index contributed by atoms with van der Waals surface area (Å²) in [6, 6.07) is -0.253. The first-order valence-corrected chi connectivity index (χ1v) is 3.81. The molecule has 1 fully saturated rings. The van der Waals surface area contributed by atoms with Crippen LogP contribution in [0, 0.1) is 0 Å². The Kier molecular flexibility index (Phi) is 2.10. The predicted octanol–water partition coefficient (Wildman–Crippen LogP) is -0.583. The van der Waals surface area contributed by atoms with Gasteiger partial charge in [0.1, 0.15) is 6.29 Å². The number of hydrogen-bond acceptors (Lipinski definition) is 3. The zero-order chi connectivity index (χ0) is 6.69. The van der Waals surface area contributed by atoms with E-state index in [0.717, 1.165) is 12.0 Å². The number of rotatable bonds is 1. The van der Waals surface area contributed by atoms with Gasteiger partial charge in [-0.15, -0.1) is 11.8 Å². The van der Waals surface area contributed by atoms with Crippen LogP contribution in [0.3, 0.4) is 0 Å². The number of nitrogens with one attached hydrogen (secondary N) is 1. The summed E-state index contributed by atoms with van der Waals surface area (Å²) in [4.78, 5) is 20.6. The molecule has 0 aromatic carbocycles. The third-order valence-corrected chi connectivity index (χ3v) is 2.10. The second-order valence-electron chi connectivity index (χ2n) is 1.83. The summed E-state index contributed by atoms with van der Waals surface area (Å²) in [5, 5.41) is 2.54. The van der Waals surface area contributed by atoms with Crippen LogP contribution in [0.2, 0.25) is 0 Å². The van der Waals surface area contributed by atoms with Gasteiger partial charge in [-0.05, 0) is 0 Å². The van der Waals surface area contributed by atoms with Gasteiger partial charge in [-0.25, -0.2) is 0 Å². The summed E-state index contributed by atoms with van der Waals surface area (Å²) in [5.74, 6) is 1.17. The van der Waals surface area contributed by atoms with Crippen LogP contribution < -0.4 is 5.32 Å². The second-order valence-corrected chi connectivity index (χ2v) is 2.86. The molecule has 4 heteroatoms. The minimum absolute atomic E-state index is 0.0386. The molecule has 1 N–H and O–H groups in total. The van der Waals surface area contributed by atoms with Crippen molar-refractivity contribution in [3.8, 4) is 0 Å². The van der Waals surface area contributed by atoms with E-state index < -0.39 is 0 Å². The molecule has 0 spiro atoms. The van der Waals surface area contributed by atoms with Crippen molar-refractivity contribution in [1.29, 1.82) is 0 Å². The molecule has 0 radical (unpaired) electrons. The first-order valence-electron chi connectivity index (χ1n) is 2.65. The van der Waals surface area contributed by atoms with Crippen molar-refractivity contribution in [3.63, 3.8) is 0 Å². The number of carbonyl (C=O) groups is 2. The monoisotopic (exact) mass is 145 g/mol. The van der Waals surface area contributed by atoms with Crippen molar-refractivity contribution >= 4 is 24.0 Å². The van der Waals surface area contributed by atoms with Crippen LogP contribution in [0.5, 0.6) is 0 Å². The molecule has 0 unspecified atom stereocenters. The molecule has 0 aromatic heterocycles. The highest BCUT2D eigenvalue weighted by Gasteiger charge is 2.16. The molecule has 1 heterocycles. The Labute approximate surface area is 57.2 Å². The Hall–Kier alpha value is -0.510. The van der Waals surface area contributed by atoms with Crippen LogP contribution in [-0.2, 0) is 9.59 Å². The lowest BCUT2D eigenvalue weighted by atomic mass is 10.4. The van der Waals surface area contributed by atoms with E-state index in [2.05, 4.69) is 5.32 Å². The first-order chi connectivity index (χ1) is 4.33. The molecule has 1 aliphatic rings. The predicted molar refractivity (Wildman–Crippen MR) is 35.3 cm³/mol. The van der Waals surface area contributed by atoms with Gasteiger partial charge in [-0.3, -0.25) is 4.79 Å². The number of aldehydes is 1. The smallest absolute Gasteiger partial charge is 0.230 e. The summed E-state index contributed by atoms with van der Waals surface area (Å²) in [7, 11) is 0. The van der Waals surface area contributed by atoms with Crippen molar-refractivity contribution in [3.05, 3.63) is 0 Å². The van der Waals surface area contributed by atoms with Gasteiger partial charge in [0.05, 0.1) is 11.8 Å². The maximum atomic E-state index is 10.5. The molecular weight excluding hydrogens is 138 g/mol. The van der Waals surface area contributed by atoms with E-state index in [0.29, 0.717) is 5.75 Å². The topological polar surface area (TPSA) is 46.2 Å². The van der Waals surface area contributed by atoms with Crippen LogP contribution >= 0.6 is 11.8 Å². The fraction of sp³-hybridized carbons (Fsp3) is 0.600. The van der Waals surface area contributed by atoms with Gasteiger partial charge >= 0.3 is 0 Å². The van der Waals surface area contributed by atoms with Crippen LogP contribution in [0.15, 0.2) is 0 Å². The molecule has 50 valence electrons. The van der Waals surface area contributed by atoms with Crippen molar-refractivity contribution < 1.29 is 9.59 Å². The van der Waals surface area contributed by atoms with Gasteiger partial charge in [-0.1, -0.05) is 0 Å². The average molecular weight is 145 g/mol. The van der Waals surface area contributed by atoms with Crippen molar-refractivity contribution in [2.24, 2.45) is 0 Å². The maximum Gasteiger partial charge on any atom is 0.230 e. The summed E-state index contributed by atoms with van der Waals surface area (Å²) >= 11 is 1.49. The fourth-order valence-corrected chi connectivity index (χ4v) is 1.44. The SMILES string of the molecule is O=C[C@@H]1CSCC(=O)N1. The van der Waals surface area contributed by atoms with Gasteiger partial charge < -0.3 is 10.1 Å². The van der Waals surface area contributed by atoms with Gasteiger partial charge in [0.25, 0.3) is 0 Å². The Bertz CT molecular complexity index is 137. The molecular formula is C5H7NO2S. The Morgan fingerprint density at radius 2 is 2.56 bits per heavy atom. The standard InChI is InChI=1S/C5H7NO2S/c7-1-4-2-9-3-5(8)6-4/h1,4H,2-3H2,(H,6,8)/t4-/m1/s1. The lowest BCUT2D eigenvalue weighted by Gasteiger charge is -2.16. The molecule has 0 aliphatic carbocycles. The fourth-order valence-electron chi connectivity index (χ4n) is 0.642. The zero-order valence-corrected chi connectivity index (χ0v) is 5.61. The van der Waals surface area contributed by atoms with Crippen molar-refractivity contribution in [2.45, 2.75) is 6.04 Å². The highest BCUT2D eigenvalue weighted by Crippen LogP contribution is 2.06. The summed E-state index contributed by atoms with van der Waals surface area (Å²) < 4.78 is 0. The largest absolute Gasteiger partial charge is 0.345 e. The van der Waals surface area contributed by atoms with Crippen molar-refractivity contribution in [1.82, 2.24) is 5.32 Å². The molecule has 9 heavy (non-hydrogen) atoms. The maximum absolute atomic E-state index is 10.5. The van der Waals surface area contributed by atoms with E-state index in [4.69, 9.17) is 0 Å². The zero-order valence-electron chi connectivity index (χ0n) is 4.79. The van der Waals surface area contributed by atoms with Crippen LogP contribution in [0.25, 0.3) is 0 Å². The Morgan fingerprint density at radius 3 is 3.00 bits per heavy atom. The lowest BCUT2D eigenvalue weighted by Crippen LogP contribution is -2.42. The van der Waals surface area contributed by atoms with E-state index in [1.807, 2.05) is 0 Å². The molecule has 0 aromatic rings. The van der Waals surface area contributed by atoms with Gasteiger partial charge in [0.2, 0.25) is 5.91 Å². The molecule has 1 amide bonds. The van der Waals surface area contributed by atoms with Crippen LogP contribution in [0.1, 0.15) is 0 Å². The van der Waals surface area contributed by atoms with E-state index in [-0.39, 0.29) is 11.9 Å². The van der Waals surface area contributed by atoms with Crippen LogP contribution in [-0.4, -0.2) is 29.7 Å². The second kappa shape index (κ2) is 2.87. The highest BCUT2D eigenvalue weighted by molar-refractivity contribution is 8.00. The van der Waals surface area contributed by atoms with E-state index in [1.54, 1.807) is 0 Å². The number of thioether (sulfide) groups is 1. The average Bonchev–Trinajstić information content (AvgIpc) is 1.88. The van der Waals surface area contributed by atoms with E-state index in [9.17, 15) is 9.59 Å². The highest BCUT2D eigenvalue weighted by atomic mass is 32.2. The molecule has 3 nitrogen and oxygen atoms in total. The van der Waals surface area contributed by atoms with Gasteiger partial charge in [-0.2, -0.15) is 0 Å².